The lowest BCUT2D eigenvalue weighted by Gasteiger charge is -2.30. The molecule has 5 N–H and O–H groups in total. The molecule has 0 heterocycles. The Morgan fingerprint density at radius 3 is 2.24 bits per heavy atom. The van der Waals surface area contributed by atoms with Crippen LogP contribution in [-0.4, -0.2) is 46.6 Å². The van der Waals surface area contributed by atoms with E-state index in [9.17, 15) is 14.4 Å². The van der Waals surface area contributed by atoms with Crippen LogP contribution in [0.4, 0.5) is 4.79 Å². The fourth-order valence-electron chi connectivity index (χ4n) is 1.86. The summed E-state index contributed by atoms with van der Waals surface area (Å²) >= 11 is 1.68. The summed E-state index contributed by atoms with van der Waals surface area (Å²) in [4.78, 5) is 33.5. The van der Waals surface area contributed by atoms with E-state index < -0.39 is 23.9 Å². The van der Waals surface area contributed by atoms with Gasteiger partial charge in [0.1, 0.15) is 6.04 Å². The molecule has 0 radical (unpaired) electrons. The van der Waals surface area contributed by atoms with Crippen molar-refractivity contribution in [1.29, 1.82) is 0 Å². The topological polar surface area (TPSA) is 122 Å². The second kappa shape index (κ2) is 9.49. The van der Waals surface area contributed by atoms with Gasteiger partial charge in [-0.1, -0.05) is 13.8 Å². The minimum absolute atomic E-state index is 0.0205. The number of hydrogen-bond donors (Lipinski definition) is 4. The summed E-state index contributed by atoms with van der Waals surface area (Å²) in [5.41, 5.74) is 4.98. The van der Waals surface area contributed by atoms with Crippen LogP contribution in [0.2, 0.25) is 0 Å². The van der Waals surface area contributed by atoms with Crippen molar-refractivity contribution in [1.82, 2.24) is 10.6 Å². The first kappa shape index (κ1) is 19.6. The highest BCUT2D eigenvalue weighted by atomic mass is 32.2. The van der Waals surface area contributed by atoms with Gasteiger partial charge in [0, 0.05) is 17.7 Å². The zero-order valence-corrected chi connectivity index (χ0v) is 13.6. The van der Waals surface area contributed by atoms with E-state index in [-0.39, 0.29) is 17.6 Å². The number of primary amides is 1. The van der Waals surface area contributed by atoms with Crippen LogP contribution in [0.25, 0.3) is 0 Å². The molecule has 0 aliphatic rings. The highest BCUT2D eigenvalue weighted by Gasteiger charge is 2.26. The Bertz CT molecular complexity index is 364. The van der Waals surface area contributed by atoms with Gasteiger partial charge in [0.25, 0.3) is 0 Å². The predicted octanol–water partition coefficient (Wildman–Crippen LogP) is 0.926. The maximum absolute atomic E-state index is 11.8. The van der Waals surface area contributed by atoms with Crippen LogP contribution < -0.4 is 16.4 Å². The third-order valence-electron chi connectivity index (χ3n) is 3.58. The summed E-state index contributed by atoms with van der Waals surface area (Å²) in [6.07, 6.45) is 3.67. The van der Waals surface area contributed by atoms with Crippen LogP contribution in [0.15, 0.2) is 0 Å². The summed E-state index contributed by atoms with van der Waals surface area (Å²) in [5, 5.41) is 14.1. The number of nitrogens with one attached hydrogen (secondary N) is 2. The monoisotopic (exact) mass is 319 g/mol. The first-order valence-electron chi connectivity index (χ1n) is 6.90. The molecule has 0 aromatic heterocycles. The fraction of sp³-hybridized carbons (Fsp3) is 0.769. The highest BCUT2D eigenvalue weighted by molar-refractivity contribution is 8.00. The molecule has 21 heavy (non-hydrogen) atoms. The van der Waals surface area contributed by atoms with E-state index in [1.165, 1.54) is 0 Å². The molecule has 8 heteroatoms. The molecule has 0 saturated heterocycles. The average Bonchev–Trinajstić information content (AvgIpc) is 2.45. The number of carboxylic acid groups (broad SMARTS) is 1. The van der Waals surface area contributed by atoms with Crippen LogP contribution in [0.3, 0.4) is 0 Å². The molecule has 7 nitrogen and oxygen atoms in total. The van der Waals surface area contributed by atoms with E-state index in [2.05, 4.69) is 10.6 Å². The van der Waals surface area contributed by atoms with Crippen molar-refractivity contribution in [2.24, 2.45) is 5.73 Å². The molecule has 0 fully saturated rings. The van der Waals surface area contributed by atoms with E-state index in [4.69, 9.17) is 10.8 Å². The van der Waals surface area contributed by atoms with Crippen molar-refractivity contribution in [2.75, 3.05) is 12.8 Å². The summed E-state index contributed by atoms with van der Waals surface area (Å²) in [7, 11) is 0. The quantitative estimate of drug-likeness (QED) is 0.477. The smallest absolute Gasteiger partial charge is 0.326 e. The number of nitrogens with two attached hydrogens (primary N) is 1. The average molecular weight is 319 g/mol. The molecule has 3 amide bonds. The van der Waals surface area contributed by atoms with E-state index >= 15 is 0 Å². The van der Waals surface area contributed by atoms with Gasteiger partial charge >= 0.3 is 12.0 Å². The highest BCUT2D eigenvalue weighted by Crippen LogP contribution is 2.29. The van der Waals surface area contributed by atoms with Crippen molar-refractivity contribution < 1.29 is 19.5 Å². The molecule has 1 unspecified atom stereocenters. The summed E-state index contributed by atoms with van der Waals surface area (Å²) in [6.45, 7) is 4.55. The van der Waals surface area contributed by atoms with Crippen LogP contribution in [0.5, 0.6) is 0 Å². The number of aliphatic carboxylic acids is 1. The number of urea groups is 1. The third-order valence-corrected chi connectivity index (χ3v) is 5.16. The van der Waals surface area contributed by atoms with Gasteiger partial charge in [-0.2, -0.15) is 11.8 Å². The fourth-order valence-corrected chi connectivity index (χ4v) is 2.65. The summed E-state index contributed by atoms with van der Waals surface area (Å²) in [5.74, 6) is -1.78. The summed E-state index contributed by atoms with van der Waals surface area (Å²) in [6, 6.07) is -1.67. The number of thioether (sulfide) groups is 1. The van der Waals surface area contributed by atoms with Gasteiger partial charge in [-0.25, -0.2) is 9.59 Å². The van der Waals surface area contributed by atoms with Gasteiger partial charge in [-0.15, -0.1) is 0 Å². The van der Waals surface area contributed by atoms with Gasteiger partial charge in [-0.3, -0.25) is 4.79 Å². The lowest BCUT2D eigenvalue weighted by Crippen LogP contribution is -2.49. The Morgan fingerprint density at radius 2 is 1.86 bits per heavy atom. The maximum Gasteiger partial charge on any atom is 0.326 e. The van der Waals surface area contributed by atoms with Crippen molar-refractivity contribution >= 4 is 29.7 Å². The number of carbonyl (C=O) groups is 3. The molecule has 0 saturated carbocycles. The van der Waals surface area contributed by atoms with Crippen LogP contribution in [0.1, 0.15) is 39.5 Å². The SMILES string of the molecule is CCC(CC)(CNC(=O)NC(CCC(N)=O)C(=O)O)SC. The standard InChI is InChI=1S/C13H25N3O4S/c1-4-13(5-2,21-3)8-15-12(20)16-9(11(18)19)6-7-10(14)17/h9H,4-8H2,1-3H3,(H2,14,17)(H,18,19)(H2,15,16,20). The lowest BCUT2D eigenvalue weighted by molar-refractivity contribution is -0.139. The Kier molecular flexibility index (Phi) is 8.84. The Labute approximate surface area is 129 Å². The molecule has 0 bridgehead atoms. The van der Waals surface area contributed by atoms with Gasteiger partial charge in [0.2, 0.25) is 5.91 Å². The van der Waals surface area contributed by atoms with Crippen molar-refractivity contribution in [3.63, 3.8) is 0 Å². The normalized spacial score (nSPS) is 12.5. The maximum atomic E-state index is 11.8. The molecule has 0 aliphatic carbocycles. The van der Waals surface area contributed by atoms with Crippen molar-refractivity contribution in [3.05, 3.63) is 0 Å². The molecule has 122 valence electrons. The van der Waals surface area contributed by atoms with E-state index in [0.29, 0.717) is 6.54 Å². The van der Waals surface area contributed by atoms with Gasteiger partial charge in [0.15, 0.2) is 0 Å². The zero-order chi connectivity index (χ0) is 16.5. The number of carboxylic acids is 1. The molecule has 0 rings (SSSR count). The molecule has 0 spiro atoms. The van der Waals surface area contributed by atoms with Crippen LogP contribution >= 0.6 is 11.8 Å². The van der Waals surface area contributed by atoms with Gasteiger partial charge in [-0.05, 0) is 25.5 Å². The Hall–Kier alpha value is -1.44. The third kappa shape index (κ3) is 7.22. The molecule has 0 aromatic carbocycles. The van der Waals surface area contributed by atoms with Crippen LogP contribution in [0, 0.1) is 0 Å². The van der Waals surface area contributed by atoms with E-state index in [1.807, 2.05) is 20.1 Å². The molecule has 1 atom stereocenters. The Balaban J connectivity index is 4.44. The van der Waals surface area contributed by atoms with Gasteiger partial charge < -0.3 is 21.5 Å². The minimum atomic E-state index is -1.19. The second-order valence-corrected chi connectivity index (χ2v) is 6.09. The number of carbonyl (C=O) groups excluding carboxylic acids is 2. The van der Waals surface area contributed by atoms with Gasteiger partial charge in [0.05, 0.1) is 0 Å². The predicted molar refractivity (Wildman–Crippen MR) is 83.2 cm³/mol. The molecule has 0 aliphatic heterocycles. The first-order chi connectivity index (χ1) is 9.80. The number of rotatable bonds is 10. The minimum Gasteiger partial charge on any atom is -0.480 e. The lowest BCUT2D eigenvalue weighted by atomic mass is 10.0. The summed E-state index contributed by atoms with van der Waals surface area (Å²) < 4.78 is -0.0523. The second-order valence-electron chi connectivity index (χ2n) is 4.82. The largest absolute Gasteiger partial charge is 0.480 e. The van der Waals surface area contributed by atoms with Crippen molar-refractivity contribution in [2.45, 2.75) is 50.3 Å². The number of amides is 3. The molecular weight excluding hydrogens is 294 g/mol. The van der Waals surface area contributed by atoms with E-state index in [0.717, 1.165) is 12.8 Å². The zero-order valence-electron chi connectivity index (χ0n) is 12.8. The first-order valence-corrected chi connectivity index (χ1v) is 8.13. The molecular formula is C13H25N3O4S. The molecule has 0 aromatic rings. The number of hydrogen-bond acceptors (Lipinski definition) is 4. The van der Waals surface area contributed by atoms with Crippen LogP contribution in [-0.2, 0) is 9.59 Å². The van der Waals surface area contributed by atoms with Crippen molar-refractivity contribution in [3.8, 4) is 0 Å². The Morgan fingerprint density at radius 1 is 1.29 bits per heavy atom. The van der Waals surface area contributed by atoms with E-state index in [1.54, 1.807) is 11.8 Å².